The van der Waals surface area contributed by atoms with Crippen LogP contribution in [-0.4, -0.2) is 13.3 Å². The van der Waals surface area contributed by atoms with Gasteiger partial charge in [0.25, 0.3) is 0 Å². The van der Waals surface area contributed by atoms with Crippen molar-refractivity contribution in [1.29, 1.82) is 0 Å². The van der Waals surface area contributed by atoms with Gasteiger partial charge in [-0.15, -0.1) is 0 Å². The number of aromatic nitrogens is 1. The Kier molecular flexibility index (Phi) is 5.96. The van der Waals surface area contributed by atoms with Crippen LogP contribution in [0.4, 0.5) is 0 Å². The first kappa shape index (κ1) is 19.7. The molecule has 1 aromatic heterocycles. The second kappa shape index (κ2) is 7.88. The molecule has 1 aliphatic carbocycles. The molecule has 1 atom stereocenters. The Morgan fingerprint density at radius 3 is 2.31 bits per heavy atom. The Bertz CT molecular complexity index is 766. The third-order valence-corrected chi connectivity index (χ3v) is 10.7. The molecule has 2 heteroatoms. The van der Waals surface area contributed by atoms with Gasteiger partial charge in [0.05, 0.1) is 0 Å². The molecule has 1 aliphatic rings. The molecule has 26 heavy (non-hydrogen) atoms. The first-order valence-corrected chi connectivity index (χ1v) is 17.7. The van der Waals surface area contributed by atoms with Crippen molar-refractivity contribution in [1.82, 2.24) is 0 Å². The van der Waals surface area contributed by atoms with E-state index in [0.717, 1.165) is 5.92 Å². The van der Waals surface area contributed by atoms with Gasteiger partial charge in [0.15, 0.2) is 0 Å². The van der Waals surface area contributed by atoms with Crippen molar-refractivity contribution in [2.24, 2.45) is 13.0 Å². The maximum atomic E-state index is 2.55. The van der Waals surface area contributed by atoms with E-state index in [4.69, 9.17) is 0 Å². The van der Waals surface area contributed by atoms with Crippen molar-refractivity contribution >= 4 is 17.7 Å². The van der Waals surface area contributed by atoms with Gasteiger partial charge in [-0.05, 0) is 0 Å². The van der Waals surface area contributed by atoms with E-state index in [0.29, 0.717) is 5.92 Å². The summed E-state index contributed by atoms with van der Waals surface area (Å²) in [6, 6.07) is 11.4. The molecule has 1 aromatic carbocycles. The monoisotopic (exact) mass is 412 g/mol. The van der Waals surface area contributed by atoms with Crippen molar-refractivity contribution in [2.45, 2.75) is 69.1 Å². The Balaban J connectivity index is 2.11. The van der Waals surface area contributed by atoms with Gasteiger partial charge in [0.1, 0.15) is 0 Å². The fraction of sp³-hybridized carbons (Fsp3) is 0.542. The van der Waals surface area contributed by atoms with Crippen LogP contribution < -0.4 is 8.96 Å². The number of rotatable bonds is 4. The Hall–Kier alpha value is -1.09. The number of hydrogen-bond acceptors (Lipinski definition) is 0. The maximum absolute atomic E-state index is 2.55. The molecular weight excluding hydrogens is 375 g/mol. The van der Waals surface area contributed by atoms with Crippen LogP contribution in [-0.2, 0) is 7.05 Å². The van der Waals surface area contributed by atoms with Gasteiger partial charge < -0.3 is 0 Å². The van der Waals surface area contributed by atoms with Crippen LogP contribution in [0.2, 0.25) is 17.3 Å². The van der Waals surface area contributed by atoms with Gasteiger partial charge in [0, 0.05) is 0 Å². The summed E-state index contributed by atoms with van der Waals surface area (Å²) in [6.45, 7) is 4.72. The number of nitrogens with zero attached hydrogens (tertiary/aromatic N) is 1. The SMILES string of the molecule is Cc1ccccc1-c1c[c]([Ge]([CH3])([CH3])[CH3])c(C(C)C2CCCCC2)c[n+]1C. The first-order valence-electron chi connectivity index (χ1n) is 10.4. The number of pyridine rings is 1. The van der Waals surface area contributed by atoms with E-state index in [2.05, 4.69) is 79.3 Å². The standard InChI is InChI=1S/C24H36GeN/c1-18-12-10-11-15-21(18)24-16-23(25(3,4)5)22(17-26(24)6)19(2)20-13-8-7-9-14-20/h10-12,15-17,19-20H,7-9,13-14H2,1-6H3/q+1. The Labute approximate surface area is 163 Å². The summed E-state index contributed by atoms with van der Waals surface area (Å²) in [4.78, 5) is 0. The third kappa shape index (κ3) is 4.08. The van der Waals surface area contributed by atoms with Gasteiger partial charge >= 0.3 is 163 Å². The Morgan fingerprint density at radius 2 is 1.69 bits per heavy atom. The van der Waals surface area contributed by atoms with E-state index < -0.39 is 13.3 Å². The number of aryl methyl sites for hydroxylation is 2. The molecule has 140 valence electrons. The topological polar surface area (TPSA) is 3.88 Å². The van der Waals surface area contributed by atoms with Crippen LogP contribution in [0.5, 0.6) is 0 Å². The van der Waals surface area contributed by atoms with Crippen molar-refractivity contribution in [2.75, 3.05) is 0 Å². The van der Waals surface area contributed by atoms with E-state index >= 15 is 0 Å². The third-order valence-electron chi connectivity index (χ3n) is 6.38. The summed E-state index contributed by atoms with van der Waals surface area (Å²) in [6.07, 6.45) is 9.60. The summed E-state index contributed by atoms with van der Waals surface area (Å²) >= 11 is -1.97. The zero-order valence-electron chi connectivity index (χ0n) is 17.6. The molecule has 3 rings (SSSR count). The number of benzene rings is 1. The van der Waals surface area contributed by atoms with Gasteiger partial charge in [-0.2, -0.15) is 0 Å². The molecule has 0 amide bonds. The quantitative estimate of drug-likeness (QED) is 0.448. The van der Waals surface area contributed by atoms with Crippen molar-refractivity contribution < 1.29 is 4.57 Å². The normalized spacial score (nSPS) is 17.3. The Morgan fingerprint density at radius 1 is 1.04 bits per heavy atom. The van der Waals surface area contributed by atoms with Crippen LogP contribution in [0.15, 0.2) is 36.5 Å². The average Bonchev–Trinajstić information content (AvgIpc) is 2.61. The molecule has 2 aromatic rings. The fourth-order valence-corrected chi connectivity index (χ4v) is 8.32. The molecule has 0 N–H and O–H groups in total. The van der Waals surface area contributed by atoms with Crippen LogP contribution in [0.25, 0.3) is 11.3 Å². The second-order valence-electron chi connectivity index (χ2n) is 9.39. The molecule has 0 bridgehead atoms. The molecule has 1 saturated carbocycles. The van der Waals surface area contributed by atoms with E-state index in [9.17, 15) is 0 Å². The predicted octanol–water partition coefficient (Wildman–Crippen LogP) is 5.72. The van der Waals surface area contributed by atoms with Gasteiger partial charge in [-0.1, -0.05) is 0 Å². The van der Waals surface area contributed by atoms with Crippen molar-refractivity contribution in [3.8, 4) is 11.3 Å². The zero-order chi connectivity index (χ0) is 18.9. The summed E-state index contributed by atoms with van der Waals surface area (Å²) in [5.41, 5.74) is 5.76. The first-order chi connectivity index (χ1) is 12.3. The molecule has 0 aliphatic heterocycles. The van der Waals surface area contributed by atoms with E-state index in [-0.39, 0.29) is 0 Å². The van der Waals surface area contributed by atoms with Crippen LogP contribution in [0.1, 0.15) is 56.1 Å². The summed E-state index contributed by atoms with van der Waals surface area (Å²) in [5.74, 6) is 9.21. The summed E-state index contributed by atoms with van der Waals surface area (Å²) < 4.78 is 4.09. The predicted molar refractivity (Wildman–Crippen MR) is 116 cm³/mol. The van der Waals surface area contributed by atoms with Crippen LogP contribution >= 0.6 is 0 Å². The molecule has 1 nitrogen and oxygen atoms in total. The van der Waals surface area contributed by atoms with Crippen LogP contribution in [0, 0.1) is 12.8 Å². The number of hydrogen-bond donors (Lipinski definition) is 0. The van der Waals surface area contributed by atoms with E-state index in [1.165, 1.54) is 48.9 Å². The summed E-state index contributed by atoms with van der Waals surface area (Å²) in [5, 5.41) is 0. The molecule has 1 unspecified atom stereocenters. The van der Waals surface area contributed by atoms with E-state index in [1.807, 2.05) is 0 Å². The summed E-state index contributed by atoms with van der Waals surface area (Å²) in [7, 11) is 2.23. The fourth-order valence-electron chi connectivity index (χ4n) is 4.70. The van der Waals surface area contributed by atoms with Crippen molar-refractivity contribution in [3.05, 3.63) is 47.7 Å². The minimum atomic E-state index is -1.97. The molecule has 0 radical (unpaired) electrons. The minimum absolute atomic E-state index is 0.687. The molecular formula is C24H36GeN+. The van der Waals surface area contributed by atoms with Gasteiger partial charge in [-0.3, -0.25) is 0 Å². The average molecular weight is 411 g/mol. The molecule has 0 saturated heterocycles. The van der Waals surface area contributed by atoms with Crippen LogP contribution in [0.3, 0.4) is 0 Å². The zero-order valence-corrected chi connectivity index (χ0v) is 19.7. The van der Waals surface area contributed by atoms with Crippen molar-refractivity contribution in [3.63, 3.8) is 0 Å². The van der Waals surface area contributed by atoms with E-state index in [1.54, 1.807) is 9.96 Å². The molecule has 0 spiro atoms. The second-order valence-corrected chi connectivity index (χ2v) is 20.0. The van der Waals surface area contributed by atoms with Gasteiger partial charge in [-0.25, -0.2) is 0 Å². The van der Waals surface area contributed by atoms with Gasteiger partial charge in [0.2, 0.25) is 0 Å². The molecule has 1 heterocycles. The molecule has 1 fully saturated rings.